The normalized spacial score (nSPS) is 12.2. The predicted molar refractivity (Wildman–Crippen MR) is 75.5 cm³/mol. The van der Waals surface area contributed by atoms with Crippen LogP contribution in [0.15, 0.2) is 18.2 Å². The van der Waals surface area contributed by atoms with Gasteiger partial charge in [0.2, 0.25) is 5.91 Å². The van der Waals surface area contributed by atoms with Gasteiger partial charge in [0.1, 0.15) is 0 Å². The molecule has 3 N–H and O–H groups in total. The summed E-state index contributed by atoms with van der Waals surface area (Å²) in [6, 6.07) is 6.25. The maximum atomic E-state index is 11.9. The van der Waals surface area contributed by atoms with Crippen molar-refractivity contribution in [3.63, 3.8) is 0 Å². The third kappa shape index (κ3) is 4.49. The largest absolute Gasteiger partial charge is 0.352 e. The van der Waals surface area contributed by atoms with Gasteiger partial charge in [-0.2, -0.15) is 0 Å². The molecule has 3 nitrogen and oxygen atoms in total. The third-order valence-electron chi connectivity index (χ3n) is 3.22. The van der Waals surface area contributed by atoms with Gasteiger partial charge in [0.05, 0.1) is 6.42 Å². The van der Waals surface area contributed by atoms with E-state index in [9.17, 15) is 4.79 Å². The number of hydrogen-bond donors (Lipinski definition) is 2. The molecule has 100 valence electrons. The van der Waals surface area contributed by atoms with Gasteiger partial charge in [-0.3, -0.25) is 4.79 Å². The summed E-state index contributed by atoms with van der Waals surface area (Å²) in [7, 11) is 0. The summed E-state index contributed by atoms with van der Waals surface area (Å²) < 4.78 is 0. The molecule has 3 heteroatoms. The molecule has 0 aliphatic heterocycles. The molecule has 0 bridgehead atoms. The van der Waals surface area contributed by atoms with Gasteiger partial charge in [-0.1, -0.05) is 31.5 Å². The van der Waals surface area contributed by atoms with Gasteiger partial charge in [-0.05, 0) is 37.0 Å². The number of rotatable bonds is 6. The molecule has 1 unspecified atom stereocenters. The lowest BCUT2D eigenvalue weighted by atomic mass is 10.0. The Bertz CT molecular complexity index is 401. The van der Waals surface area contributed by atoms with Gasteiger partial charge in [0.25, 0.3) is 0 Å². The number of carbonyl (C=O) groups excluding carboxylic acids is 1. The van der Waals surface area contributed by atoms with E-state index in [1.807, 2.05) is 6.07 Å². The Balaban J connectivity index is 2.55. The topological polar surface area (TPSA) is 55.1 Å². The van der Waals surface area contributed by atoms with E-state index in [4.69, 9.17) is 5.73 Å². The van der Waals surface area contributed by atoms with E-state index in [1.54, 1.807) is 0 Å². The second kappa shape index (κ2) is 7.17. The quantitative estimate of drug-likeness (QED) is 0.810. The number of carbonyl (C=O) groups is 1. The highest BCUT2D eigenvalue weighted by atomic mass is 16.1. The van der Waals surface area contributed by atoms with Crippen LogP contribution in [0.3, 0.4) is 0 Å². The van der Waals surface area contributed by atoms with Crippen LogP contribution in [0, 0.1) is 13.8 Å². The molecule has 0 saturated carbocycles. The monoisotopic (exact) mass is 248 g/mol. The maximum Gasteiger partial charge on any atom is 0.224 e. The van der Waals surface area contributed by atoms with Crippen molar-refractivity contribution in [2.24, 2.45) is 5.73 Å². The zero-order valence-electron chi connectivity index (χ0n) is 11.6. The van der Waals surface area contributed by atoms with Crippen LogP contribution >= 0.6 is 0 Å². The first-order valence-electron chi connectivity index (χ1n) is 6.62. The van der Waals surface area contributed by atoms with E-state index in [0.29, 0.717) is 13.0 Å². The molecule has 0 aliphatic rings. The molecule has 0 saturated heterocycles. The first-order chi connectivity index (χ1) is 8.56. The first kappa shape index (κ1) is 14.7. The summed E-state index contributed by atoms with van der Waals surface area (Å²) in [5.74, 6) is 0.0575. The fourth-order valence-electron chi connectivity index (χ4n) is 1.97. The van der Waals surface area contributed by atoms with Gasteiger partial charge in [-0.15, -0.1) is 0 Å². The molecule has 1 aromatic rings. The first-order valence-corrected chi connectivity index (χ1v) is 6.62. The van der Waals surface area contributed by atoms with Crippen molar-refractivity contribution in [3.8, 4) is 0 Å². The van der Waals surface area contributed by atoms with Crippen LogP contribution in [-0.2, 0) is 11.2 Å². The molecule has 1 rings (SSSR count). The Kier molecular flexibility index (Phi) is 5.86. The van der Waals surface area contributed by atoms with Crippen LogP contribution in [0.1, 0.15) is 36.5 Å². The highest BCUT2D eigenvalue weighted by Gasteiger charge is 2.10. The lowest BCUT2D eigenvalue weighted by Crippen LogP contribution is -2.40. The smallest absolute Gasteiger partial charge is 0.224 e. The number of nitrogens with one attached hydrogen (secondary N) is 1. The number of aryl methyl sites for hydroxylation is 2. The minimum absolute atomic E-state index is 0.0575. The molecule has 0 heterocycles. The summed E-state index contributed by atoms with van der Waals surface area (Å²) in [5.41, 5.74) is 9.17. The molecular formula is C15H24N2O. The molecule has 1 amide bonds. The van der Waals surface area contributed by atoms with Crippen molar-refractivity contribution >= 4 is 5.91 Å². The fraction of sp³-hybridized carbons (Fsp3) is 0.533. The van der Waals surface area contributed by atoms with Gasteiger partial charge in [0.15, 0.2) is 0 Å². The lowest BCUT2D eigenvalue weighted by Gasteiger charge is -2.16. The number of nitrogens with two attached hydrogens (primary N) is 1. The highest BCUT2D eigenvalue weighted by Crippen LogP contribution is 2.10. The van der Waals surface area contributed by atoms with Crippen molar-refractivity contribution in [1.29, 1.82) is 0 Å². The zero-order valence-corrected chi connectivity index (χ0v) is 11.6. The molecular weight excluding hydrogens is 224 g/mol. The highest BCUT2D eigenvalue weighted by molar-refractivity contribution is 5.79. The van der Waals surface area contributed by atoms with E-state index in [0.717, 1.165) is 18.4 Å². The summed E-state index contributed by atoms with van der Waals surface area (Å²) in [6.45, 7) is 6.74. The average Bonchev–Trinajstić information content (AvgIpc) is 2.33. The Morgan fingerprint density at radius 2 is 2.06 bits per heavy atom. The van der Waals surface area contributed by atoms with E-state index in [1.165, 1.54) is 11.1 Å². The number of amides is 1. The maximum absolute atomic E-state index is 11.9. The SMILES string of the molecule is CCCC(CN)NC(=O)Cc1ccc(C)c(C)c1. The van der Waals surface area contributed by atoms with E-state index < -0.39 is 0 Å². The van der Waals surface area contributed by atoms with Crippen molar-refractivity contribution in [2.45, 2.75) is 46.1 Å². The number of hydrogen-bond acceptors (Lipinski definition) is 2. The average molecular weight is 248 g/mol. The van der Waals surface area contributed by atoms with Gasteiger partial charge in [0, 0.05) is 12.6 Å². The van der Waals surface area contributed by atoms with Gasteiger partial charge in [-0.25, -0.2) is 0 Å². The second-order valence-corrected chi connectivity index (χ2v) is 4.88. The molecule has 18 heavy (non-hydrogen) atoms. The van der Waals surface area contributed by atoms with Gasteiger partial charge < -0.3 is 11.1 Å². The van der Waals surface area contributed by atoms with Crippen LogP contribution in [0.5, 0.6) is 0 Å². The molecule has 0 radical (unpaired) electrons. The van der Waals surface area contributed by atoms with E-state index in [-0.39, 0.29) is 11.9 Å². The summed E-state index contributed by atoms with van der Waals surface area (Å²) >= 11 is 0. The second-order valence-electron chi connectivity index (χ2n) is 4.88. The Hall–Kier alpha value is -1.35. The van der Waals surface area contributed by atoms with Crippen molar-refractivity contribution in [3.05, 3.63) is 34.9 Å². The number of benzene rings is 1. The van der Waals surface area contributed by atoms with Crippen molar-refractivity contribution < 1.29 is 4.79 Å². The lowest BCUT2D eigenvalue weighted by molar-refractivity contribution is -0.121. The Morgan fingerprint density at radius 3 is 2.61 bits per heavy atom. The molecule has 1 aromatic carbocycles. The summed E-state index contributed by atoms with van der Waals surface area (Å²) in [5, 5.41) is 2.99. The summed E-state index contributed by atoms with van der Waals surface area (Å²) in [6.07, 6.45) is 2.41. The summed E-state index contributed by atoms with van der Waals surface area (Å²) in [4.78, 5) is 11.9. The standard InChI is InChI=1S/C15H24N2O/c1-4-5-14(10-16)17-15(18)9-13-7-6-11(2)12(3)8-13/h6-8,14H,4-5,9-10,16H2,1-3H3,(H,17,18). The molecule has 0 aromatic heterocycles. The minimum atomic E-state index is 0.0575. The van der Waals surface area contributed by atoms with E-state index >= 15 is 0 Å². The molecule has 1 atom stereocenters. The van der Waals surface area contributed by atoms with Crippen molar-refractivity contribution in [1.82, 2.24) is 5.32 Å². The molecule has 0 fully saturated rings. The molecule has 0 aliphatic carbocycles. The van der Waals surface area contributed by atoms with E-state index in [2.05, 4.69) is 38.2 Å². The Labute approximate surface area is 110 Å². The zero-order chi connectivity index (χ0) is 13.5. The van der Waals surface area contributed by atoms with Crippen molar-refractivity contribution in [2.75, 3.05) is 6.54 Å². The van der Waals surface area contributed by atoms with Gasteiger partial charge >= 0.3 is 0 Å². The van der Waals surface area contributed by atoms with Crippen LogP contribution in [0.4, 0.5) is 0 Å². The van der Waals surface area contributed by atoms with Crippen LogP contribution in [0.2, 0.25) is 0 Å². The van der Waals surface area contributed by atoms with Crippen LogP contribution in [-0.4, -0.2) is 18.5 Å². The van der Waals surface area contributed by atoms with Crippen LogP contribution < -0.4 is 11.1 Å². The molecule has 0 spiro atoms. The minimum Gasteiger partial charge on any atom is -0.352 e. The third-order valence-corrected chi connectivity index (χ3v) is 3.22. The fourth-order valence-corrected chi connectivity index (χ4v) is 1.97. The van der Waals surface area contributed by atoms with Crippen LogP contribution in [0.25, 0.3) is 0 Å². The Morgan fingerprint density at radius 1 is 1.33 bits per heavy atom. The predicted octanol–water partition coefficient (Wildman–Crippen LogP) is 2.09.